The Morgan fingerprint density at radius 3 is 2.65 bits per heavy atom. The maximum atomic E-state index is 12.0. The summed E-state index contributed by atoms with van der Waals surface area (Å²) in [6.45, 7) is 7.92. The van der Waals surface area contributed by atoms with Gasteiger partial charge in [-0.25, -0.2) is 4.79 Å². The number of piperidine rings is 1. The van der Waals surface area contributed by atoms with Gasteiger partial charge in [0.15, 0.2) is 11.5 Å². The van der Waals surface area contributed by atoms with Crippen LogP contribution in [-0.2, 0) is 6.54 Å². The summed E-state index contributed by atoms with van der Waals surface area (Å²) in [6, 6.07) is 13.8. The van der Waals surface area contributed by atoms with Gasteiger partial charge in [-0.05, 0) is 48.2 Å². The molecule has 31 heavy (non-hydrogen) atoms. The van der Waals surface area contributed by atoms with E-state index in [0.29, 0.717) is 24.8 Å². The van der Waals surface area contributed by atoms with Gasteiger partial charge in [0.25, 0.3) is 0 Å². The molecule has 1 saturated heterocycles. The van der Waals surface area contributed by atoms with E-state index in [1.165, 1.54) is 5.56 Å². The average molecular weight is 418 g/mol. The molecule has 1 fully saturated rings. The van der Waals surface area contributed by atoms with E-state index in [2.05, 4.69) is 28.9 Å². The molecule has 1 aromatic heterocycles. The van der Waals surface area contributed by atoms with Crippen molar-refractivity contribution in [1.82, 2.24) is 4.90 Å². The van der Waals surface area contributed by atoms with Crippen LogP contribution in [-0.4, -0.2) is 37.2 Å². The fourth-order valence-electron chi connectivity index (χ4n) is 4.33. The van der Waals surface area contributed by atoms with Crippen LogP contribution in [0.4, 0.5) is 5.69 Å². The largest absolute Gasteiger partial charge is 0.486 e. The summed E-state index contributed by atoms with van der Waals surface area (Å²) >= 11 is 0. The Bertz CT molecular complexity index is 1160. The lowest BCUT2D eigenvalue weighted by Gasteiger charge is -2.33. The summed E-state index contributed by atoms with van der Waals surface area (Å²) in [5.41, 5.74) is 3.33. The second kappa shape index (κ2) is 8.47. The van der Waals surface area contributed by atoms with Crippen molar-refractivity contribution in [3.63, 3.8) is 0 Å². The molecule has 0 amide bonds. The highest BCUT2D eigenvalue weighted by molar-refractivity contribution is 5.91. The first-order valence-corrected chi connectivity index (χ1v) is 10.8. The van der Waals surface area contributed by atoms with Gasteiger partial charge < -0.3 is 19.2 Å². The molecule has 0 aliphatic carbocycles. The molecule has 1 N–H and O–H groups in total. The van der Waals surface area contributed by atoms with Gasteiger partial charge in [-0.1, -0.05) is 24.8 Å². The van der Waals surface area contributed by atoms with Crippen molar-refractivity contribution in [2.45, 2.75) is 25.4 Å². The van der Waals surface area contributed by atoms with Crippen LogP contribution < -0.4 is 20.4 Å². The van der Waals surface area contributed by atoms with E-state index >= 15 is 0 Å². The Morgan fingerprint density at radius 2 is 1.84 bits per heavy atom. The molecule has 6 nitrogen and oxygen atoms in total. The maximum absolute atomic E-state index is 12.0. The predicted octanol–water partition coefficient (Wildman–Crippen LogP) is 4.28. The second-order valence-electron chi connectivity index (χ2n) is 8.11. The summed E-state index contributed by atoms with van der Waals surface area (Å²) in [4.78, 5) is 14.5. The van der Waals surface area contributed by atoms with Gasteiger partial charge in [0, 0.05) is 37.1 Å². The smallest absolute Gasteiger partial charge is 0.338 e. The second-order valence-corrected chi connectivity index (χ2v) is 8.11. The highest BCUT2D eigenvalue weighted by atomic mass is 16.6. The van der Waals surface area contributed by atoms with Crippen LogP contribution in [0.1, 0.15) is 24.0 Å². The van der Waals surface area contributed by atoms with E-state index in [9.17, 15) is 4.79 Å². The van der Waals surface area contributed by atoms with E-state index < -0.39 is 0 Å². The summed E-state index contributed by atoms with van der Waals surface area (Å²) in [5.74, 6) is 1.67. The fraction of sp³-hybridized carbons (Fsp3) is 0.320. The summed E-state index contributed by atoms with van der Waals surface area (Å²) < 4.78 is 16.7. The highest BCUT2D eigenvalue weighted by Crippen LogP contribution is 2.31. The zero-order valence-corrected chi connectivity index (χ0v) is 17.4. The van der Waals surface area contributed by atoms with Crippen molar-refractivity contribution in [1.29, 1.82) is 0 Å². The molecule has 0 saturated carbocycles. The molecule has 0 spiro atoms. The lowest BCUT2D eigenvalue weighted by atomic mass is 10.0. The minimum absolute atomic E-state index is 0.314. The molecule has 2 aliphatic heterocycles. The normalized spacial score (nSPS) is 16.9. The van der Waals surface area contributed by atoms with Crippen molar-refractivity contribution < 1.29 is 13.9 Å². The standard InChI is InChI=1S/C25H26N2O4/c1-2-17-3-5-22-20(13-17)21(15-25(28)31-22)26-19-7-9-27(10-8-19)16-18-4-6-23-24(14-18)30-12-11-29-23/h2-6,13-15,19,26H,1,7-12,16H2. The average Bonchev–Trinajstić information content (AvgIpc) is 2.80. The Hall–Kier alpha value is -3.25. The number of nitrogens with one attached hydrogen (secondary N) is 1. The molecule has 3 heterocycles. The number of nitrogens with zero attached hydrogens (tertiary/aromatic N) is 1. The number of anilines is 1. The van der Waals surface area contributed by atoms with Crippen LogP contribution in [0.3, 0.4) is 0 Å². The molecular formula is C25H26N2O4. The third kappa shape index (κ3) is 4.30. The SMILES string of the molecule is C=Cc1ccc2oc(=O)cc(NC3CCN(Cc4ccc5c(c4)OCCO5)CC3)c2c1. The molecule has 160 valence electrons. The first-order chi connectivity index (χ1) is 15.2. The number of fused-ring (bicyclic) bond motifs is 2. The summed E-state index contributed by atoms with van der Waals surface area (Å²) in [5, 5.41) is 4.50. The van der Waals surface area contributed by atoms with Gasteiger partial charge in [-0.15, -0.1) is 0 Å². The summed E-state index contributed by atoms with van der Waals surface area (Å²) in [6.07, 6.45) is 3.81. The zero-order chi connectivity index (χ0) is 21.2. The van der Waals surface area contributed by atoms with Crippen molar-refractivity contribution in [2.75, 3.05) is 31.6 Å². The molecule has 0 bridgehead atoms. The van der Waals surface area contributed by atoms with Gasteiger partial charge in [-0.2, -0.15) is 0 Å². The van der Waals surface area contributed by atoms with Gasteiger partial charge >= 0.3 is 5.63 Å². The quantitative estimate of drug-likeness (QED) is 0.624. The van der Waals surface area contributed by atoms with Crippen LogP contribution >= 0.6 is 0 Å². The van der Waals surface area contributed by atoms with Gasteiger partial charge in [0.2, 0.25) is 0 Å². The maximum Gasteiger partial charge on any atom is 0.338 e. The monoisotopic (exact) mass is 418 g/mol. The lowest BCUT2D eigenvalue weighted by Crippen LogP contribution is -2.38. The van der Waals surface area contributed by atoms with Crippen LogP contribution in [0.2, 0.25) is 0 Å². The Balaban J connectivity index is 1.24. The predicted molar refractivity (Wildman–Crippen MR) is 122 cm³/mol. The number of hydrogen-bond donors (Lipinski definition) is 1. The third-order valence-corrected chi connectivity index (χ3v) is 5.96. The number of likely N-dealkylation sites (tertiary alicyclic amines) is 1. The van der Waals surface area contributed by atoms with Crippen LogP contribution in [0.15, 0.2) is 58.3 Å². The van der Waals surface area contributed by atoms with Gasteiger partial charge in [-0.3, -0.25) is 4.90 Å². The van der Waals surface area contributed by atoms with Crippen molar-refractivity contribution in [3.05, 3.63) is 70.6 Å². The molecule has 3 aromatic rings. The molecule has 0 radical (unpaired) electrons. The topological polar surface area (TPSA) is 63.9 Å². The lowest BCUT2D eigenvalue weighted by molar-refractivity contribution is 0.170. The van der Waals surface area contributed by atoms with Crippen LogP contribution in [0, 0.1) is 0 Å². The van der Waals surface area contributed by atoms with Crippen LogP contribution in [0.25, 0.3) is 17.0 Å². The van der Waals surface area contributed by atoms with E-state index in [-0.39, 0.29) is 5.63 Å². The Labute approximate surface area is 181 Å². The van der Waals surface area contributed by atoms with E-state index in [0.717, 1.165) is 60.6 Å². The van der Waals surface area contributed by atoms with Crippen molar-refractivity contribution in [3.8, 4) is 11.5 Å². The third-order valence-electron chi connectivity index (χ3n) is 5.96. The number of hydrogen-bond acceptors (Lipinski definition) is 6. The highest BCUT2D eigenvalue weighted by Gasteiger charge is 2.21. The molecule has 6 heteroatoms. The number of ether oxygens (including phenoxy) is 2. The minimum Gasteiger partial charge on any atom is -0.486 e. The molecule has 2 aliphatic rings. The summed E-state index contributed by atoms with van der Waals surface area (Å²) in [7, 11) is 0. The minimum atomic E-state index is -0.336. The molecule has 0 atom stereocenters. The zero-order valence-electron chi connectivity index (χ0n) is 17.4. The number of rotatable bonds is 5. The van der Waals surface area contributed by atoms with E-state index in [4.69, 9.17) is 13.9 Å². The Morgan fingerprint density at radius 1 is 1.03 bits per heavy atom. The van der Waals surface area contributed by atoms with E-state index in [1.807, 2.05) is 24.3 Å². The first-order valence-electron chi connectivity index (χ1n) is 10.8. The van der Waals surface area contributed by atoms with E-state index in [1.54, 1.807) is 12.1 Å². The van der Waals surface area contributed by atoms with Gasteiger partial charge in [0.1, 0.15) is 18.8 Å². The molecule has 0 unspecified atom stereocenters. The first kappa shape index (κ1) is 19.7. The molecule has 2 aromatic carbocycles. The number of benzene rings is 2. The molecular weight excluding hydrogens is 392 g/mol. The Kier molecular flexibility index (Phi) is 5.38. The van der Waals surface area contributed by atoms with Gasteiger partial charge in [0.05, 0.1) is 5.69 Å². The van der Waals surface area contributed by atoms with Crippen molar-refractivity contribution in [2.24, 2.45) is 0 Å². The van der Waals surface area contributed by atoms with Crippen LogP contribution in [0.5, 0.6) is 11.5 Å². The fourth-order valence-corrected chi connectivity index (χ4v) is 4.33. The van der Waals surface area contributed by atoms with Crippen molar-refractivity contribution >= 4 is 22.7 Å². The molecule has 5 rings (SSSR count).